The average molecular weight is 287 g/mol. The van der Waals surface area contributed by atoms with Crippen molar-refractivity contribution < 1.29 is 9.90 Å². The minimum absolute atomic E-state index is 0.0393. The summed E-state index contributed by atoms with van der Waals surface area (Å²) in [6, 6.07) is 7.28. The summed E-state index contributed by atoms with van der Waals surface area (Å²) in [5.74, 6) is 0.269. The first-order valence-electron chi connectivity index (χ1n) is 6.75. The van der Waals surface area contributed by atoms with Crippen LogP contribution in [0.3, 0.4) is 0 Å². The smallest absolute Gasteiger partial charge is 0.254 e. The highest BCUT2D eigenvalue weighted by atomic mass is 32.1. The number of carbonyl (C=O) groups excluding carboxylic acids is 1. The molecule has 4 heteroatoms. The number of hydrogen-bond acceptors (Lipinski definition) is 3. The number of amides is 1. The minimum Gasteiger partial charge on any atom is -0.508 e. The SMILES string of the molecule is Cc1cc(C(=O)N2CCc3sccc3C2C)ccc1O. The number of carbonyl (C=O) groups is 1. The van der Waals surface area contributed by atoms with Crippen molar-refractivity contribution in [2.24, 2.45) is 0 Å². The fourth-order valence-corrected chi connectivity index (χ4v) is 3.70. The van der Waals surface area contributed by atoms with Gasteiger partial charge in [-0.25, -0.2) is 0 Å². The molecular formula is C16H17NO2S. The zero-order valence-corrected chi connectivity index (χ0v) is 12.4. The summed E-state index contributed by atoms with van der Waals surface area (Å²) in [5.41, 5.74) is 2.65. The summed E-state index contributed by atoms with van der Waals surface area (Å²) in [4.78, 5) is 16.0. The van der Waals surface area contributed by atoms with Gasteiger partial charge in [-0.1, -0.05) is 0 Å². The van der Waals surface area contributed by atoms with Crippen molar-refractivity contribution in [1.82, 2.24) is 4.90 Å². The van der Waals surface area contributed by atoms with Crippen molar-refractivity contribution in [2.45, 2.75) is 26.3 Å². The second kappa shape index (κ2) is 4.94. The fourth-order valence-electron chi connectivity index (χ4n) is 2.74. The molecule has 3 rings (SSSR count). The van der Waals surface area contributed by atoms with E-state index in [0.29, 0.717) is 5.56 Å². The number of nitrogens with zero attached hydrogens (tertiary/aromatic N) is 1. The Balaban J connectivity index is 1.90. The Morgan fingerprint density at radius 3 is 2.95 bits per heavy atom. The van der Waals surface area contributed by atoms with E-state index in [1.807, 2.05) is 11.8 Å². The van der Waals surface area contributed by atoms with E-state index in [9.17, 15) is 9.90 Å². The molecule has 0 saturated carbocycles. The van der Waals surface area contributed by atoms with Gasteiger partial charge in [-0.05, 0) is 61.0 Å². The largest absolute Gasteiger partial charge is 0.508 e. The molecule has 1 aromatic heterocycles. The number of benzene rings is 1. The number of fused-ring (bicyclic) bond motifs is 1. The maximum Gasteiger partial charge on any atom is 0.254 e. The average Bonchev–Trinajstić information content (AvgIpc) is 2.91. The molecule has 1 unspecified atom stereocenters. The van der Waals surface area contributed by atoms with Crippen LogP contribution in [0.15, 0.2) is 29.6 Å². The maximum absolute atomic E-state index is 12.7. The van der Waals surface area contributed by atoms with Crippen molar-refractivity contribution in [3.63, 3.8) is 0 Å². The van der Waals surface area contributed by atoms with Gasteiger partial charge in [0.1, 0.15) is 5.75 Å². The Labute approximate surface area is 122 Å². The highest BCUT2D eigenvalue weighted by Crippen LogP contribution is 2.33. The first kappa shape index (κ1) is 13.2. The van der Waals surface area contributed by atoms with E-state index in [1.54, 1.807) is 29.5 Å². The van der Waals surface area contributed by atoms with Crippen LogP contribution in [0.25, 0.3) is 0 Å². The molecule has 104 valence electrons. The third kappa shape index (κ3) is 2.10. The number of rotatable bonds is 1. The normalized spacial score (nSPS) is 17.9. The summed E-state index contributed by atoms with van der Waals surface area (Å²) in [6.07, 6.45) is 0.931. The van der Waals surface area contributed by atoms with E-state index < -0.39 is 0 Å². The molecular weight excluding hydrogens is 270 g/mol. The van der Waals surface area contributed by atoms with Gasteiger partial charge in [-0.3, -0.25) is 4.79 Å². The van der Waals surface area contributed by atoms with Crippen LogP contribution in [0.4, 0.5) is 0 Å². The minimum atomic E-state index is 0.0393. The summed E-state index contributed by atoms with van der Waals surface area (Å²) in [5, 5.41) is 11.7. The topological polar surface area (TPSA) is 40.5 Å². The molecule has 0 aliphatic carbocycles. The molecule has 20 heavy (non-hydrogen) atoms. The van der Waals surface area contributed by atoms with Crippen molar-refractivity contribution in [1.29, 1.82) is 0 Å². The van der Waals surface area contributed by atoms with E-state index in [-0.39, 0.29) is 17.7 Å². The standard InChI is InChI=1S/C16H17NO2S/c1-10-9-12(3-4-14(10)18)16(19)17-7-5-15-13(11(17)2)6-8-20-15/h3-4,6,8-9,11,18H,5,7H2,1-2H3. The van der Waals surface area contributed by atoms with E-state index in [2.05, 4.69) is 18.4 Å². The summed E-state index contributed by atoms with van der Waals surface area (Å²) < 4.78 is 0. The van der Waals surface area contributed by atoms with Crippen LogP contribution in [0, 0.1) is 6.92 Å². The molecule has 1 atom stereocenters. The Morgan fingerprint density at radius 1 is 1.40 bits per heavy atom. The van der Waals surface area contributed by atoms with Gasteiger partial charge in [0.25, 0.3) is 5.91 Å². The van der Waals surface area contributed by atoms with Crippen molar-refractivity contribution in [3.8, 4) is 5.75 Å². The third-order valence-electron chi connectivity index (χ3n) is 3.98. The molecule has 2 heterocycles. The van der Waals surface area contributed by atoms with Crippen LogP contribution in [-0.2, 0) is 6.42 Å². The Hall–Kier alpha value is -1.81. The van der Waals surface area contributed by atoms with Gasteiger partial charge in [0.2, 0.25) is 0 Å². The molecule has 0 radical (unpaired) electrons. The lowest BCUT2D eigenvalue weighted by Crippen LogP contribution is -2.38. The van der Waals surface area contributed by atoms with E-state index in [0.717, 1.165) is 18.5 Å². The van der Waals surface area contributed by atoms with E-state index in [1.165, 1.54) is 10.4 Å². The van der Waals surface area contributed by atoms with Gasteiger partial charge in [0, 0.05) is 17.0 Å². The van der Waals surface area contributed by atoms with Gasteiger partial charge in [-0.15, -0.1) is 11.3 Å². The van der Waals surface area contributed by atoms with Crippen LogP contribution in [0.5, 0.6) is 5.75 Å². The van der Waals surface area contributed by atoms with Crippen LogP contribution in [0.2, 0.25) is 0 Å². The second-order valence-electron chi connectivity index (χ2n) is 5.22. The van der Waals surface area contributed by atoms with E-state index >= 15 is 0 Å². The van der Waals surface area contributed by atoms with Crippen molar-refractivity contribution in [2.75, 3.05) is 6.54 Å². The van der Waals surface area contributed by atoms with Crippen LogP contribution in [0.1, 0.15) is 39.3 Å². The summed E-state index contributed by atoms with van der Waals surface area (Å²) in [6.45, 7) is 4.64. The lowest BCUT2D eigenvalue weighted by molar-refractivity contribution is 0.0679. The van der Waals surface area contributed by atoms with Crippen molar-refractivity contribution in [3.05, 3.63) is 51.2 Å². The quantitative estimate of drug-likeness (QED) is 0.871. The van der Waals surface area contributed by atoms with Gasteiger partial charge in [-0.2, -0.15) is 0 Å². The highest BCUT2D eigenvalue weighted by molar-refractivity contribution is 7.10. The Bertz CT molecular complexity index is 662. The molecule has 1 aromatic carbocycles. The zero-order chi connectivity index (χ0) is 14.3. The maximum atomic E-state index is 12.7. The molecule has 1 N–H and O–H groups in total. The lowest BCUT2D eigenvalue weighted by atomic mass is 10.00. The molecule has 1 aliphatic heterocycles. The van der Waals surface area contributed by atoms with Crippen LogP contribution in [-0.4, -0.2) is 22.5 Å². The highest BCUT2D eigenvalue weighted by Gasteiger charge is 2.29. The molecule has 2 aromatic rings. The van der Waals surface area contributed by atoms with Crippen LogP contribution >= 0.6 is 11.3 Å². The predicted molar refractivity (Wildman–Crippen MR) is 80.3 cm³/mol. The number of phenols is 1. The van der Waals surface area contributed by atoms with Gasteiger partial charge < -0.3 is 10.0 Å². The fraction of sp³-hybridized carbons (Fsp3) is 0.312. The predicted octanol–water partition coefficient (Wildman–Crippen LogP) is 3.52. The molecule has 1 aliphatic rings. The number of phenolic OH excluding ortho intramolecular Hbond substituents is 1. The zero-order valence-electron chi connectivity index (χ0n) is 11.6. The van der Waals surface area contributed by atoms with Crippen molar-refractivity contribution >= 4 is 17.2 Å². The lowest BCUT2D eigenvalue weighted by Gasteiger charge is -2.33. The third-order valence-corrected chi connectivity index (χ3v) is 4.98. The molecule has 1 amide bonds. The van der Waals surface area contributed by atoms with Crippen LogP contribution < -0.4 is 0 Å². The first-order valence-corrected chi connectivity index (χ1v) is 7.62. The van der Waals surface area contributed by atoms with Gasteiger partial charge in [0.05, 0.1) is 6.04 Å². The Kier molecular flexibility index (Phi) is 3.26. The molecule has 0 spiro atoms. The first-order chi connectivity index (χ1) is 9.58. The molecule has 0 bridgehead atoms. The van der Waals surface area contributed by atoms with Gasteiger partial charge in [0.15, 0.2) is 0 Å². The monoisotopic (exact) mass is 287 g/mol. The number of hydrogen-bond donors (Lipinski definition) is 1. The second-order valence-corrected chi connectivity index (χ2v) is 6.23. The number of thiophene rings is 1. The van der Waals surface area contributed by atoms with E-state index in [4.69, 9.17) is 0 Å². The Morgan fingerprint density at radius 2 is 2.20 bits per heavy atom. The molecule has 0 saturated heterocycles. The number of aryl methyl sites for hydroxylation is 1. The van der Waals surface area contributed by atoms with Gasteiger partial charge >= 0.3 is 0 Å². The number of aromatic hydroxyl groups is 1. The molecule has 0 fully saturated rings. The summed E-state index contributed by atoms with van der Waals surface area (Å²) in [7, 11) is 0. The summed E-state index contributed by atoms with van der Waals surface area (Å²) >= 11 is 1.77. The molecule has 3 nitrogen and oxygen atoms in total.